The quantitative estimate of drug-likeness (QED) is 0.382. The molecule has 144 valence electrons. The first-order valence-corrected chi connectivity index (χ1v) is 8.92. The molecule has 0 fully saturated rings. The molecule has 2 aromatic carbocycles. The summed E-state index contributed by atoms with van der Waals surface area (Å²) in [5.41, 5.74) is 2.99. The second-order valence-electron chi connectivity index (χ2n) is 6.34. The van der Waals surface area contributed by atoms with Crippen molar-refractivity contribution in [3.05, 3.63) is 48.6 Å². The van der Waals surface area contributed by atoms with Crippen molar-refractivity contribution in [2.75, 3.05) is 13.4 Å². The van der Waals surface area contributed by atoms with Crippen LogP contribution in [0, 0.1) is 0 Å². The number of unbranched alkanes of at least 4 members (excludes halogenated alkanes) is 1. The van der Waals surface area contributed by atoms with Crippen LogP contribution in [0.2, 0.25) is 0 Å². The summed E-state index contributed by atoms with van der Waals surface area (Å²) in [6.07, 6.45) is 3.65. The Balaban J connectivity index is 1.47. The molecular weight excluding hydrogens is 362 g/mol. The maximum absolute atomic E-state index is 11.0. The number of nitrogens with zero attached hydrogens (tertiary/aromatic N) is 3. The number of esters is 1. The fraction of sp³-hybridized carbons (Fsp3) is 0.250. The minimum Gasteiger partial charge on any atom is -0.505 e. The number of aromatic nitrogens is 3. The van der Waals surface area contributed by atoms with Crippen molar-refractivity contribution in [2.45, 2.75) is 19.3 Å². The number of aryl methyl sites for hydroxylation is 1. The Bertz CT molecular complexity index is 1040. The van der Waals surface area contributed by atoms with E-state index >= 15 is 0 Å². The minimum atomic E-state index is -0.398. The summed E-state index contributed by atoms with van der Waals surface area (Å²) in [4.78, 5) is 12.4. The average molecular weight is 381 g/mol. The van der Waals surface area contributed by atoms with Gasteiger partial charge in [-0.1, -0.05) is 12.6 Å². The van der Waals surface area contributed by atoms with Crippen LogP contribution < -0.4 is 9.47 Å². The SMILES string of the molecule is C=CC(=O)OCCCCc1ccc2nn(-c3cc4c(cc3O)OCO4)nc2c1. The summed E-state index contributed by atoms with van der Waals surface area (Å²) >= 11 is 0. The van der Waals surface area contributed by atoms with Crippen molar-refractivity contribution >= 4 is 17.0 Å². The van der Waals surface area contributed by atoms with Gasteiger partial charge in [0.2, 0.25) is 6.79 Å². The summed E-state index contributed by atoms with van der Waals surface area (Å²) in [7, 11) is 0. The summed E-state index contributed by atoms with van der Waals surface area (Å²) < 4.78 is 15.6. The van der Waals surface area contributed by atoms with Crippen LogP contribution in [0.3, 0.4) is 0 Å². The zero-order valence-electron chi connectivity index (χ0n) is 15.1. The van der Waals surface area contributed by atoms with Gasteiger partial charge in [-0.2, -0.15) is 0 Å². The molecular formula is C20H19N3O5. The molecule has 0 radical (unpaired) electrons. The van der Waals surface area contributed by atoms with E-state index in [4.69, 9.17) is 14.2 Å². The van der Waals surface area contributed by atoms with Crippen LogP contribution in [0.25, 0.3) is 16.7 Å². The summed E-state index contributed by atoms with van der Waals surface area (Å²) in [5.74, 6) is 0.662. The fourth-order valence-electron chi connectivity index (χ4n) is 2.97. The molecule has 0 atom stereocenters. The highest BCUT2D eigenvalue weighted by molar-refractivity contribution is 5.81. The lowest BCUT2D eigenvalue weighted by Gasteiger charge is -2.04. The lowest BCUT2D eigenvalue weighted by molar-refractivity contribution is -0.137. The van der Waals surface area contributed by atoms with Crippen molar-refractivity contribution in [3.63, 3.8) is 0 Å². The number of rotatable bonds is 7. The first kappa shape index (κ1) is 17.8. The third-order valence-electron chi connectivity index (χ3n) is 4.40. The van der Waals surface area contributed by atoms with E-state index in [0.717, 1.165) is 41.9 Å². The van der Waals surface area contributed by atoms with Gasteiger partial charge in [0.15, 0.2) is 11.5 Å². The summed E-state index contributed by atoms with van der Waals surface area (Å²) in [6, 6.07) is 9.02. The smallest absolute Gasteiger partial charge is 0.330 e. The molecule has 8 heteroatoms. The Labute approximate surface area is 160 Å². The number of fused-ring (bicyclic) bond motifs is 2. The molecule has 3 aromatic rings. The van der Waals surface area contributed by atoms with Gasteiger partial charge in [-0.05, 0) is 37.0 Å². The molecule has 0 unspecified atom stereocenters. The van der Waals surface area contributed by atoms with Crippen LogP contribution in [0.15, 0.2) is 43.0 Å². The third-order valence-corrected chi connectivity index (χ3v) is 4.40. The summed E-state index contributed by atoms with van der Waals surface area (Å²) in [5, 5.41) is 19.2. The van der Waals surface area contributed by atoms with E-state index in [9.17, 15) is 9.90 Å². The number of benzene rings is 2. The monoisotopic (exact) mass is 381 g/mol. The molecule has 1 aliphatic heterocycles. The van der Waals surface area contributed by atoms with E-state index in [1.807, 2.05) is 18.2 Å². The Morgan fingerprint density at radius 1 is 1.18 bits per heavy atom. The van der Waals surface area contributed by atoms with Crippen LogP contribution in [0.1, 0.15) is 18.4 Å². The molecule has 1 aromatic heterocycles. The van der Waals surface area contributed by atoms with Crippen LogP contribution in [0.4, 0.5) is 0 Å². The van der Waals surface area contributed by atoms with Gasteiger partial charge in [0.25, 0.3) is 0 Å². The molecule has 1 N–H and O–H groups in total. The van der Waals surface area contributed by atoms with Gasteiger partial charge in [0, 0.05) is 18.2 Å². The predicted octanol–water partition coefficient (Wildman–Crippen LogP) is 2.91. The molecule has 2 heterocycles. The molecule has 0 saturated carbocycles. The number of carbonyl (C=O) groups excluding carboxylic acids is 1. The normalized spacial score (nSPS) is 12.3. The van der Waals surface area contributed by atoms with Crippen molar-refractivity contribution in [1.82, 2.24) is 15.0 Å². The second-order valence-corrected chi connectivity index (χ2v) is 6.34. The Hall–Kier alpha value is -3.55. The molecule has 8 nitrogen and oxygen atoms in total. The van der Waals surface area contributed by atoms with E-state index in [1.165, 1.54) is 10.9 Å². The minimum absolute atomic E-state index is 0.0128. The Kier molecular flexibility index (Phi) is 4.84. The average Bonchev–Trinajstić information content (AvgIpc) is 3.32. The maximum atomic E-state index is 11.0. The summed E-state index contributed by atoms with van der Waals surface area (Å²) in [6.45, 7) is 3.87. The van der Waals surface area contributed by atoms with E-state index in [0.29, 0.717) is 23.8 Å². The standard InChI is InChI=1S/C20H19N3O5/c1-2-20(25)26-8-4-3-5-13-6-7-14-15(9-13)22-23(21-14)16-10-18-19(11-17(16)24)28-12-27-18/h2,6-7,9-11,24H,1,3-5,8,12H2. The highest BCUT2D eigenvalue weighted by atomic mass is 16.7. The maximum Gasteiger partial charge on any atom is 0.330 e. The van der Waals surface area contributed by atoms with Gasteiger partial charge in [-0.3, -0.25) is 0 Å². The van der Waals surface area contributed by atoms with E-state index in [1.54, 1.807) is 6.07 Å². The number of hydrogen-bond acceptors (Lipinski definition) is 7. The highest BCUT2D eigenvalue weighted by Crippen LogP contribution is 2.39. The fourth-order valence-corrected chi connectivity index (χ4v) is 2.97. The third kappa shape index (κ3) is 3.62. The second kappa shape index (κ2) is 7.59. The number of phenolic OH excluding ortho intramolecular Hbond substituents is 1. The molecule has 1 aliphatic rings. The molecule has 28 heavy (non-hydrogen) atoms. The van der Waals surface area contributed by atoms with Gasteiger partial charge < -0.3 is 19.3 Å². The van der Waals surface area contributed by atoms with Crippen LogP contribution in [0.5, 0.6) is 17.2 Å². The largest absolute Gasteiger partial charge is 0.505 e. The van der Waals surface area contributed by atoms with Gasteiger partial charge in [-0.15, -0.1) is 15.0 Å². The predicted molar refractivity (Wildman–Crippen MR) is 101 cm³/mol. The van der Waals surface area contributed by atoms with E-state index in [2.05, 4.69) is 16.8 Å². The number of carbonyl (C=O) groups is 1. The Morgan fingerprint density at radius 3 is 2.79 bits per heavy atom. The first-order valence-electron chi connectivity index (χ1n) is 8.92. The van der Waals surface area contributed by atoms with Gasteiger partial charge in [0.1, 0.15) is 22.5 Å². The highest BCUT2D eigenvalue weighted by Gasteiger charge is 2.19. The molecule has 0 saturated heterocycles. The zero-order valence-corrected chi connectivity index (χ0v) is 15.1. The van der Waals surface area contributed by atoms with Gasteiger partial charge in [-0.25, -0.2) is 4.79 Å². The van der Waals surface area contributed by atoms with Crippen molar-refractivity contribution in [2.24, 2.45) is 0 Å². The van der Waals surface area contributed by atoms with Crippen molar-refractivity contribution < 1.29 is 24.1 Å². The van der Waals surface area contributed by atoms with Crippen LogP contribution in [-0.2, 0) is 16.0 Å². The van der Waals surface area contributed by atoms with E-state index in [-0.39, 0.29) is 12.5 Å². The van der Waals surface area contributed by atoms with Gasteiger partial charge >= 0.3 is 5.97 Å². The first-order chi connectivity index (χ1) is 13.6. The van der Waals surface area contributed by atoms with Gasteiger partial charge in [0.05, 0.1) is 6.61 Å². The molecule has 4 rings (SSSR count). The van der Waals surface area contributed by atoms with E-state index < -0.39 is 5.97 Å². The van der Waals surface area contributed by atoms with Crippen LogP contribution in [-0.4, -0.2) is 39.5 Å². The zero-order chi connectivity index (χ0) is 19.5. The molecule has 0 spiro atoms. The lowest BCUT2D eigenvalue weighted by atomic mass is 10.1. The molecule has 0 amide bonds. The molecule has 0 aliphatic carbocycles. The lowest BCUT2D eigenvalue weighted by Crippen LogP contribution is -2.02. The number of aromatic hydroxyl groups is 1. The Morgan fingerprint density at radius 2 is 1.96 bits per heavy atom. The number of ether oxygens (including phenoxy) is 3. The van der Waals surface area contributed by atoms with Crippen LogP contribution >= 0.6 is 0 Å². The van der Waals surface area contributed by atoms with Crippen molar-refractivity contribution in [3.8, 4) is 22.9 Å². The number of phenols is 1. The molecule has 0 bridgehead atoms. The topological polar surface area (TPSA) is 95.7 Å². The number of hydrogen-bond donors (Lipinski definition) is 1. The van der Waals surface area contributed by atoms with Crippen molar-refractivity contribution in [1.29, 1.82) is 0 Å².